The number of carboxylic acid groups (broad SMARTS) is 1. The van der Waals surface area contributed by atoms with Crippen molar-refractivity contribution in [1.82, 2.24) is 24.7 Å². The van der Waals surface area contributed by atoms with Gasteiger partial charge in [0, 0.05) is 23.7 Å². The highest BCUT2D eigenvalue weighted by Crippen LogP contribution is 2.36. The van der Waals surface area contributed by atoms with Crippen molar-refractivity contribution in [3.8, 4) is 0 Å². The number of thiophene rings is 1. The maximum absolute atomic E-state index is 13.2. The zero-order valence-electron chi connectivity index (χ0n) is 18.0. The van der Waals surface area contributed by atoms with Crippen molar-refractivity contribution in [2.45, 2.75) is 51.5 Å². The van der Waals surface area contributed by atoms with Gasteiger partial charge in [0.1, 0.15) is 15.7 Å². The first-order valence-corrected chi connectivity index (χ1v) is 12.5. The van der Waals surface area contributed by atoms with E-state index in [4.69, 9.17) is 15.1 Å². The first-order valence-electron chi connectivity index (χ1n) is 10.7. The molecule has 1 atom stereocenters. The van der Waals surface area contributed by atoms with Crippen LogP contribution in [0.3, 0.4) is 0 Å². The largest absolute Gasteiger partial charge is 0.481 e. The van der Waals surface area contributed by atoms with Gasteiger partial charge in [0.05, 0.1) is 24.4 Å². The summed E-state index contributed by atoms with van der Waals surface area (Å²) in [6.45, 7) is 2.61. The number of aromatic nitrogens is 5. The molecule has 9 nitrogen and oxygen atoms in total. The van der Waals surface area contributed by atoms with Gasteiger partial charge in [0.25, 0.3) is 0 Å². The summed E-state index contributed by atoms with van der Waals surface area (Å²) in [4.78, 5) is 28.9. The fourth-order valence-corrected chi connectivity index (χ4v) is 6.16. The van der Waals surface area contributed by atoms with Gasteiger partial charge in [-0.1, -0.05) is 13.3 Å². The van der Waals surface area contributed by atoms with Gasteiger partial charge in [0.15, 0.2) is 11.6 Å². The quantitative estimate of drug-likeness (QED) is 0.535. The Bertz CT molecular complexity index is 1290. The Morgan fingerprint density at radius 2 is 2.09 bits per heavy atom. The number of halogens is 3. The number of hydrogen-bond donors (Lipinski definition) is 1. The molecule has 2 aliphatic heterocycles. The molecule has 14 heteroatoms. The number of rotatable bonds is 6. The normalized spacial score (nSPS) is 18.4. The van der Waals surface area contributed by atoms with Crippen LogP contribution >= 0.6 is 23.1 Å². The lowest BCUT2D eigenvalue weighted by Gasteiger charge is -2.29. The van der Waals surface area contributed by atoms with E-state index >= 15 is 0 Å². The number of aliphatic imine (C=N–C) groups is 1. The molecule has 5 heterocycles. The van der Waals surface area contributed by atoms with Crippen molar-refractivity contribution in [2.24, 2.45) is 4.99 Å². The third-order valence-corrected chi connectivity index (χ3v) is 7.74. The van der Waals surface area contributed by atoms with Gasteiger partial charge in [-0.25, -0.2) is 9.97 Å². The summed E-state index contributed by atoms with van der Waals surface area (Å²) >= 11 is 2.98. The molecular formula is C20H20F3N7O2S2. The van der Waals surface area contributed by atoms with Gasteiger partial charge >= 0.3 is 12.1 Å². The Morgan fingerprint density at radius 3 is 2.82 bits per heavy atom. The highest BCUT2D eigenvalue weighted by Gasteiger charge is 2.40. The number of aryl methyl sites for hydroxylation is 1. The molecule has 0 saturated heterocycles. The van der Waals surface area contributed by atoms with Crippen LogP contribution in [0, 0.1) is 0 Å². The van der Waals surface area contributed by atoms with Gasteiger partial charge in [-0.15, -0.1) is 33.3 Å². The van der Waals surface area contributed by atoms with E-state index in [0.29, 0.717) is 29.0 Å². The van der Waals surface area contributed by atoms with Crippen molar-refractivity contribution < 1.29 is 23.1 Å². The monoisotopic (exact) mass is 511 g/mol. The summed E-state index contributed by atoms with van der Waals surface area (Å²) in [6, 6.07) is 1.70. The number of aliphatic carboxylic acids is 1. The average Bonchev–Trinajstić information content (AvgIpc) is 3.49. The fraction of sp³-hybridized carbons (Fsp3) is 0.500. The minimum absolute atomic E-state index is 0.0609. The number of carboxylic acids is 1. The number of thioether (sulfide) groups is 1. The van der Waals surface area contributed by atoms with Crippen LogP contribution in [0.15, 0.2) is 11.1 Å². The van der Waals surface area contributed by atoms with Crippen molar-refractivity contribution in [1.29, 1.82) is 0 Å². The average molecular weight is 512 g/mol. The Balaban J connectivity index is 1.53. The van der Waals surface area contributed by atoms with E-state index in [1.165, 1.54) is 11.8 Å². The Labute approximate surface area is 200 Å². The molecule has 0 aliphatic carbocycles. The standard InChI is InChI=1S/C20H20F3N7O2S2/c1-2-3-11-7-12-16(29-4-5-30-13(8-29)27-28-19(30)20(21,22)23)25-15(26-17(12)34-11)18-24-10(9-33-18)6-14(31)32/h7,10H,2-6,8-9H2,1H3,(H,31,32). The zero-order valence-corrected chi connectivity index (χ0v) is 19.7. The Kier molecular flexibility index (Phi) is 5.96. The van der Waals surface area contributed by atoms with Crippen LogP contribution in [-0.4, -0.2) is 59.2 Å². The van der Waals surface area contributed by atoms with E-state index in [-0.39, 0.29) is 31.4 Å². The minimum atomic E-state index is -4.56. The Morgan fingerprint density at radius 1 is 1.26 bits per heavy atom. The third kappa shape index (κ3) is 4.35. The van der Waals surface area contributed by atoms with E-state index in [1.807, 2.05) is 11.0 Å². The van der Waals surface area contributed by atoms with Crippen LogP contribution in [0.4, 0.5) is 19.0 Å². The number of alkyl halides is 3. The summed E-state index contributed by atoms with van der Waals surface area (Å²) in [6.07, 6.45) is -2.77. The molecule has 5 rings (SSSR count). The second-order valence-corrected chi connectivity index (χ2v) is 10.2. The van der Waals surface area contributed by atoms with E-state index in [2.05, 4.69) is 22.1 Å². The molecule has 1 N–H and O–H groups in total. The third-order valence-electron chi connectivity index (χ3n) is 5.54. The number of anilines is 1. The topological polar surface area (TPSA) is 109 Å². The van der Waals surface area contributed by atoms with Crippen molar-refractivity contribution in [3.05, 3.63) is 28.4 Å². The van der Waals surface area contributed by atoms with Crippen molar-refractivity contribution in [2.75, 3.05) is 17.2 Å². The molecule has 2 aliphatic rings. The zero-order chi connectivity index (χ0) is 24.0. The molecule has 3 aromatic rings. The predicted molar refractivity (Wildman–Crippen MR) is 123 cm³/mol. The van der Waals surface area contributed by atoms with Crippen LogP contribution in [0.5, 0.6) is 0 Å². The smallest absolute Gasteiger partial charge is 0.451 e. The summed E-state index contributed by atoms with van der Waals surface area (Å²) in [5.41, 5.74) is 0. The van der Waals surface area contributed by atoms with Gasteiger partial charge in [-0.3, -0.25) is 9.79 Å². The lowest BCUT2D eigenvalue weighted by atomic mass is 10.2. The minimum Gasteiger partial charge on any atom is -0.481 e. The SMILES string of the molecule is CCCc1cc2c(N3CCn4c(nnc4C(F)(F)F)C3)nc(C3=NC(CC(=O)O)CS3)nc2s1. The van der Waals surface area contributed by atoms with Gasteiger partial charge < -0.3 is 14.6 Å². The van der Waals surface area contributed by atoms with Crippen molar-refractivity contribution in [3.63, 3.8) is 0 Å². The second kappa shape index (κ2) is 8.80. The first-order chi connectivity index (χ1) is 16.2. The molecule has 0 amide bonds. The maximum Gasteiger partial charge on any atom is 0.451 e. The molecule has 34 heavy (non-hydrogen) atoms. The second-order valence-electron chi connectivity index (χ2n) is 8.06. The van der Waals surface area contributed by atoms with Gasteiger partial charge in [0.2, 0.25) is 5.82 Å². The maximum atomic E-state index is 13.2. The highest BCUT2D eigenvalue weighted by atomic mass is 32.2. The number of hydrogen-bond acceptors (Lipinski definition) is 9. The molecule has 0 bridgehead atoms. The fourth-order valence-electron chi connectivity index (χ4n) is 4.05. The number of fused-ring (bicyclic) bond motifs is 2. The molecule has 0 radical (unpaired) electrons. The van der Waals surface area contributed by atoms with Crippen LogP contribution in [-0.2, 0) is 30.5 Å². The van der Waals surface area contributed by atoms with E-state index in [9.17, 15) is 18.0 Å². The van der Waals surface area contributed by atoms with Crippen molar-refractivity contribution >= 4 is 50.1 Å². The van der Waals surface area contributed by atoms with Crippen LogP contribution in [0.2, 0.25) is 0 Å². The highest BCUT2D eigenvalue weighted by molar-refractivity contribution is 8.14. The summed E-state index contributed by atoms with van der Waals surface area (Å²) in [5.74, 6) is -0.107. The molecule has 0 saturated carbocycles. The summed E-state index contributed by atoms with van der Waals surface area (Å²) in [5, 5.41) is 17.6. The predicted octanol–water partition coefficient (Wildman–Crippen LogP) is 3.61. The van der Waals surface area contributed by atoms with Crippen LogP contribution < -0.4 is 4.90 Å². The number of nitrogens with zero attached hydrogens (tertiary/aromatic N) is 7. The molecule has 3 aromatic heterocycles. The molecular weight excluding hydrogens is 491 g/mol. The summed E-state index contributed by atoms with van der Waals surface area (Å²) in [7, 11) is 0. The van der Waals surface area contributed by atoms with Gasteiger partial charge in [-0.05, 0) is 12.5 Å². The first kappa shape index (κ1) is 23.0. The molecule has 1 unspecified atom stereocenters. The van der Waals surface area contributed by atoms with Crippen LogP contribution in [0.25, 0.3) is 10.2 Å². The lowest BCUT2D eigenvalue weighted by molar-refractivity contribution is -0.147. The van der Waals surface area contributed by atoms with Gasteiger partial charge in [-0.2, -0.15) is 13.2 Å². The van der Waals surface area contributed by atoms with E-state index in [1.54, 1.807) is 11.3 Å². The lowest BCUT2D eigenvalue weighted by Crippen LogP contribution is -2.36. The number of carbonyl (C=O) groups is 1. The molecule has 0 fully saturated rings. The molecule has 0 aromatic carbocycles. The summed E-state index contributed by atoms with van der Waals surface area (Å²) < 4.78 is 40.8. The van der Waals surface area contributed by atoms with Crippen LogP contribution in [0.1, 0.15) is 42.1 Å². The molecule has 0 spiro atoms. The molecule has 180 valence electrons. The van der Waals surface area contributed by atoms with E-state index < -0.39 is 18.0 Å². The van der Waals surface area contributed by atoms with E-state index in [0.717, 1.165) is 32.5 Å². The Hall–Kier alpha value is -2.74.